The van der Waals surface area contributed by atoms with E-state index in [4.69, 9.17) is 4.74 Å². The summed E-state index contributed by atoms with van der Waals surface area (Å²) in [5.74, 6) is 0.500. The predicted molar refractivity (Wildman–Crippen MR) is 87.7 cm³/mol. The maximum absolute atomic E-state index is 12.0. The third-order valence-corrected chi connectivity index (χ3v) is 4.01. The molecule has 6 heteroatoms. The Labute approximate surface area is 139 Å². The smallest absolute Gasteiger partial charge is 0.258 e. The van der Waals surface area contributed by atoms with E-state index >= 15 is 0 Å². The molecule has 1 aliphatic heterocycles. The summed E-state index contributed by atoms with van der Waals surface area (Å²) in [5.41, 5.74) is -0.218. The first-order valence-corrected chi connectivity index (χ1v) is 8.03. The summed E-state index contributed by atoms with van der Waals surface area (Å²) in [5, 5.41) is 2.86. The number of carbonyl (C=O) groups excluding carboxylic acids is 2. The van der Waals surface area contributed by atoms with Crippen molar-refractivity contribution in [3.8, 4) is 5.75 Å². The first-order valence-electron chi connectivity index (χ1n) is 7.24. The summed E-state index contributed by atoms with van der Waals surface area (Å²) < 4.78 is 6.38. The fourth-order valence-electron chi connectivity index (χ4n) is 2.40. The van der Waals surface area contributed by atoms with E-state index in [0.29, 0.717) is 18.7 Å². The summed E-state index contributed by atoms with van der Waals surface area (Å²) in [6.45, 7) is 6.47. The van der Waals surface area contributed by atoms with Gasteiger partial charge in [-0.3, -0.25) is 9.59 Å². The Morgan fingerprint density at radius 1 is 1.36 bits per heavy atom. The van der Waals surface area contributed by atoms with E-state index < -0.39 is 0 Å². The van der Waals surface area contributed by atoms with Gasteiger partial charge in [0.2, 0.25) is 5.91 Å². The van der Waals surface area contributed by atoms with Crippen molar-refractivity contribution in [2.75, 3.05) is 13.2 Å². The number of likely N-dealkylation sites (tertiary alicyclic amines) is 1. The molecule has 1 aromatic carbocycles. The Morgan fingerprint density at radius 2 is 2.00 bits per heavy atom. The Morgan fingerprint density at radius 3 is 2.55 bits per heavy atom. The maximum atomic E-state index is 12.0. The number of amides is 2. The zero-order chi connectivity index (χ0) is 16.3. The lowest BCUT2D eigenvalue weighted by Gasteiger charge is -2.32. The highest BCUT2D eigenvalue weighted by Crippen LogP contribution is 2.22. The molecule has 0 aliphatic carbocycles. The molecule has 1 N–H and O–H groups in total. The van der Waals surface area contributed by atoms with E-state index in [1.54, 1.807) is 17.0 Å². The van der Waals surface area contributed by atoms with Gasteiger partial charge in [0.15, 0.2) is 6.61 Å². The second kappa shape index (κ2) is 6.69. The average molecular weight is 369 g/mol. The third kappa shape index (κ3) is 4.47. The number of hydrogen-bond donors (Lipinski definition) is 1. The molecule has 2 amide bonds. The molecule has 5 nitrogen and oxygen atoms in total. The van der Waals surface area contributed by atoms with Gasteiger partial charge in [0.1, 0.15) is 5.75 Å². The summed E-state index contributed by atoms with van der Waals surface area (Å²) in [4.78, 5) is 25.7. The van der Waals surface area contributed by atoms with Crippen molar-refractivity contribution in [2.45, 2.75) is 38.8 Å². The Bertz CT molecular complexity index is 552. The van der Waals surface area contributed by atoms with Crippen molar-refractivity contribution in [3.63, 3.8) is 0 Å². The number of nitrogens with one attached hydrogen (secondary N) is 1. The molecule has 1 aromatic rings. The molecule has 0 radical (unpaired) electrons. The zero-order valence-corrected chi connectivity index (χ0v) is 14.6. The highest BCUT2D eigenvalue weighted by atomic mass is 79.9. The van der Waals surface area contributed by atoms with Crippen molar-refractivity contribution >= 4 is 27.7 Å². The standard InChI is InChI=1S/C16H21BrN2O3/c1-16(2,3)19-9-12(8-15(19)21)18-14(20)10-22-13-6-4-11(17)5-7-13/h4-7,12H,8-10H2,1-3H3,(H,18,20). The number of nitrogens with zero attached hydrogens (tertiary/aromatic N) is 1. The normalized spacial score (nSPS) is 18.5. The molecule has 1 saturated heterocycles. The Balaban J connectivity index is 1.80. The van der Waals surface area contributed by atoms with Crippen LogP contribution in [0.4, 0.5) is 0 Å². The van der Waals surface area contributed by atoms with E-state index in [2.05, 4.69) is 21.2 Å². The number of hydrogen-bond acceptors (Lipinski definition) is 3. The van der Waals surface area contributed by atoms with Crippen LogP contribution in [0.5, 0.6) is 5.75 Å². The van der Waals surface area contributed by atoms with Gasteiger partial charge in [-0.2, -0.15) is 0 Å². The molecular formula is C16H21BrN2O3. The SMILES string of the molecule is CC(C)(C)N1CC(NC(=O)COc2ccc(Br)cc2)CC1=O. The number of carbonyl (C=O) groups is 2. The minimum absolute atomic E-state index is 0.0537. The van der Waals surface area contributed by atoms with Crippen molar-refractivity contribution in [2.24, 2.45) is 0 Å². The van der Waals surface area contributed by atoms with Gasteiger partial charge in [0.05, 0.1) is 6.04 Å². The van der Waals surface area contributed by atoms with Crippen molar-refractivity contribution in [1.29, 1.82) is 0 Å². The summed E-state index contributed by atoms with van der Waals surface area (Å²) in [7, 11) is 0. The Kier molecular flexibility index (Phi) is 5.11. The predicted octanol–water partition coefficient (Wildman–Crippen LogP) is 2.34. The molecule has 2 rings (SSSR count). The zero-order valence-electron chi connectivity index (χ0n) is 13.1. The van der Waals surface area contributed by atoms with E-state index in [0.717, 1.165) is 4.47 Å². The molecule has 0 saturated carbocycles. The van der Waals surface area contributed by atoms with E-state index in [-0.39, 0.29) is 30.0 Å². The monoisotopic (exact) mass is 368 g/mol. The number of rotatable bonds is 4. The highest BCUT2D eigenvalue weighted by Gasteiger charge is 2.36. The maximum Gasteiger partial charge on any atom is 0.258 e. The highest BCUT2D eigenvalue weighted by molar-refractivity contribution is 9.10. The molecule has 0 aromatic heterocycles. The number of benzene rings is 1. The van der Waals surface area contributed by atoms with Gasteiger partial charge in [-0.25, -0.2) is 0 Å². The largest absolute Gasteiger partial charge is 0.484 e. The third-order valence-electron chi connectivity index (χ3n) is 3.48. The van der Waals surface area contributed by atoms with Crippen LogP contribution in [0.3, 0.4) is 0 Å². The van der Waals surface area contributed by atoms with Gasteiger partial charge in [-0.1, -0.05) is 15.9 Å². The Hall–Kier alpha value is -1.56. The fourth-order valence-corrected chi connectivity index (χ4v) is 2.67. The van der Waals surface area contributed by atoms with E-state index in [1.807, 2.05) is 32.9 Å². The minimum Gasteiger partial charge on any atom is -0.484 e. The first-order chi connectivity index (χ1) is 10.3. The van der Waals surface area contributed by atoms with Crippen LogP contribution in [0, 0.1) is 0 Å². The second-order valence-electron chi connectivity index (χ2n) is 6.39. The molecule has 1 heterocycles. The van der Waals surface area contributed by atoms with Crippen LogP contribution in [0.2, 0.25) is 0 Å². The molecule has 1 fully saturated rings. The molecule has 1 aliphatic rings. The molecule has 120 valence electrons. The van der Waals surface area contributed by atoms with Crippen LogP contribution >= 0.6 is 15.9 Å². The summed E-state index contributed by atoms with van der Waals surface area (Å²) in [6, 6.07) is 7.14. The van der Waals surface area contributed by atoms with Gasteiger partial charge in [-0.05, 0) is 45.0 Å². The van der Waals surface area contributed by atoms with Gasteiger partial charge < -0.3 is 15.0 Å². The molecule has 22 heavy (non-hydrogen) atoms. The molecule has 1 unspecified atom stereocenters. The van der Waals surface area contributed by atoms with E-state index in [1.165, 1.54) is 0 Å². The van der Waals surface area contributed by atoms with Gasteiger partial charge in [-0.15, -0.1) is 0 Å². The summed E-state index contributed by atoms with van der Waals surface area (Å²) in [6.07, 6.45) is 0.349. The topological polar surface area (TPSA) is 58.6 Å². The average Bonchev–Trinajstić information content (AvgIpc) is 2.79. The molecule has 0 bridgehead atoms. The second-order valence-corrected chi connectivity index (χ2v) is 7.30. The van der Waals surface area contributed by atoms with Crippen molar-refractivity contribution < 1.29 is 14.3 Å². The fraction of sp³-hybridized carbons (Fsp3) is 0.500. The van der Waals surface area contributed by atoms with Gasteiger partial charge in [0, 0.05) is 23.0 Å². The van der Waals surface area contributed by atoms with Crippen LogP contribution in [0.25, 0.3) is 0 Å². The van der Waals surface area contributed by atoms with Gasteiger partial charge >= 0.3 is 0 Å². The first kappa shape index (κ1) is 16.8. The van der Waals surface area contributed by atoms with Crippen molar-refractivity contribution in [1.82, 2.24) is 10.2 Å². The summed E-state index contributed by atoms with van der Waals surface area (Å²) >= 11 is 3.34. The quantitative estimate of drug-likeness (QED) is 0.887. The molecule has 1 atom stereocenters. The number of halogens is 1. The van der Waals surface area contributed by atoms with E-state index in [9.17, 15) is 9.59 Å². The lowest BCUT2D eigenvalue weighted by Crippen LogP contribution is -2.45. The number of ether oxygens (including phenoxy) is 1. The van der Waals surface area contributed by atoms with Crippen LogP contribution in [-0.4, -0.2) is 41.4 Å². The van der Waals surface area contributed by atoms with Crippen molar-refractivity contribution in [3.05, 3.63) is 28.7 Å². The lowest BCUT2D eigenvalue weighted by molar-refractivity contribution is -0.131. The molecule has 0 spiro atoms. The minimum atomic E-state index is -0.218. The lowest BCUT2D eigenvalue weighted by atomic mass is 10.1. The van der Waals surface area contributed by atoms with Crippen LogP contribution < -0.4 is 10.1 Å². The van der Waals surface area contributed by atoms with Crippen LogP contribution in [0.1, 0.15) is 27.2 Å². The van der Waals surface area contributed by atoms with Gasteiger partial charge in [0.25, 0.3) is 5.91 Å². The van der Waals surface area contributed by atoms with Crippen LogP contribution in [-0.2, 0) is 9.59 Å². The molecular weight excluding hydrogens is 348 g/mol. The van der Waals surface area contributed by atoms with Crippen LogP contribution in [0.15, 0.2) is 28.7 Å².